The number of halogens is 3. The van der Waals surface area contributed by atoms with Gasteiger partial charge in [-0.2, -0.15) is 24.9 Å². The van der Waals surface area contributed by atoms with Gasteiger partial charge in [-0.1, -0.05) is 12.1 Å². The van der Waals surface area contributed by atoms with Gasteiger partial charge >= 0.3 is 6.18 Å². The normalized spacial score (nSPS) is 24.1. The molecule has 1 aliphatic heterocycles. The number of aliphatic hydroxyl groups is 2. The second-order valence-corrected chi connectivity index (χ2v) is 8.01. The lowest BCUT2D eigenvalue weighted by Gasteiger charge is -2.16. The summed E-state index contributed by atoms with van der Waals surface area (Å²) in [5, 5.41) is 23.6. The molecule has 3 heterocycles. The molecule has 0 radical (unpaired) electrons. The lowest BCUT2D eigenvalue weighted by molar-refractivity contribution is -0.137. The van der Waals surface area contributed by atoms with Gasteiger partial charge in [0.05, 0.1) is 18.0 Å². The highest BCUT2D eigenvalue weighted by molar-refractivity contribution is 7.98. The number of thioether (sulfide) groups is 1. The summed E-state index contributed by atoms with van der Waals surface area (Å²) in [6.07, 6.45) is -3.45. The predicted octanol–water partition coefficient (Wildman–Crippen LogP) is 2.44. The second kappa shape index (κ2) is 8.61. The van der Waals surface area contributed by atoms with Crippen LogP contribution in [-0.2, 0) is 17.5 Å². The first-order chi connectivity index (χ1) is 14.8. The maximum atomic E-state index is 12.9. The highest BCUT2D eigenvalue weighted by Gasteiger charge is 2.44. The molecule has 8 nitrogen and oxygen atoms in total. The van der Waals surface area contributed by atoms with Gasteiger partial charge in [-0.3, -0.25) is 4.57 Å². The molecule has 166 valence electrons. The highest BCUT2D eigenvalue weighted by atomic mass is 32.2. The molecular formula is C19H20F3N5O3S. The number of anilines is 1. The Morgan fingerprint density at radius 3 is 2.74 bits per heavy atom. The summed E-state index contributed by atoms with van der Waals surface area (Å²) in [6.45, 7) is 0.0972. The van der Waals surface area contributed by atoms with E-state index in [-0.39, 0.29) is 6.54 Å². The van der Waals surface area contributed by atoms with Crippen LogP contribution in [0, 0.1) is 0 Å². The number of rotatable bonds is 6. The van der Waals surface area contributed by atoms with Gasteiger partial charge in [0, 0.05) is 12.3 Å². The summed E-state index contributed by atoms with van der Waals surface area (Å²) >= 11 is 1.49. The molecule has 0 spiro atoms. The third kappa shape index (κ3) is 4.33. The molecule has 4 rings (SSSR count). The Kier molecular flexibility index (Phi) is 6.06. The van der Waals surface area contributed by atoms with Crippen LogP contribution in [-0.4, -0.2) is 60.1 Å². The molecule has 4 atom stereocenters. The minimum atomic E-state index is -4.42. The zero-order valence-electron chi connectivity index (χ0n) is 16.3. The number of hydrogen-bond donors (Lipinski definition) is 3. The van der Waals surface area contributed by atoms with Crippen molar-refractivity contribution in [1.82, 2.24) is 19.5 Å². The number of alkyl halides is 3. The molecule has 0 aliphatic carbocycles. The van der Waals surface area contributed by atoms with E-state index >= 15 is 0 Å². The van der Waals surface area contributed by atoms with Gasteiger partial charge in [-0.25, -0.2) is 15.0 Å². The van der Waals surface area contributed by atoms with Gasteiger partial charge in [0.25, 0.3) is 0 Å². The third-order valence-electron chi connectivity index (χ3n) is 5.02. The number of fused-ring (bicyclic) bond motifs is 1. The van der Waals surface area contributed by atoms with Gasteiger partial charge in [-0.05, 0) is 24.0 Å². The van der Waals surface area contributed by atoms with Crippen molar-refractivity contribution in [3.8, 4) is 0 Å². The lowest BCUT2D eigenvalue weighted by atomic mass is 10.1. The average molecular weight is 455 g/mol. The summed E-state index contributed by atoms with van der Waals surface area (Å²) in [5.74, 6) is 0.843. The summed E-state index contributed by atoms with van der Waals surface area (Å²) < 4.78 is 46.1. The fourth-order valence-corrected chi connectivity index (χ4v) is 4.08. The Morgan fingerprint density at radius 2 is 2.00 bits per heavy atom. The highest BCUT2D eigenvalue weighted by Crippen LogP contribution is 2.33. The molecule has 3 aromatic rings. The van der Waals surface area contributed by atoms with Crippen LogP contribution in [0.15, 0.2) is 36.9 Å². The molecule has 3 N–H and O–H groups in total. The van der Waals surface area contributed by atoms with Crippen molar-refractivity contribution in [2.45, 2.75) is 37.3 Å². The quantitative estimate of drug-likeness (QED) is 0.521. The maximum absolute atomic E-state index is 12.9. The molecule has 1 aromatic carbocycles. The summed E-state index contributed by atoms with van der Waals surface area (Å²) in [6, 6.07) is 5.01. The van der Waals surface area contributed by atoms with Crippen molar-refractivity contribution in [3.63, 3.8) is 0 Å². The zero-order chi connectivity index (χ0) is 22.2. The topological polar surface area (TPSA) is 105 Å². The fraction of sp³-hybridized carbons (Fsp3) is 0.421. The number of imidazole rings is 1. The van der Waals surface area contributed by atoms with Crippen LogP contribution in [0.5, 0.6) is 0 Å². The maximum Gasteiger partial charge on any atom is 0.416 e. The Morgan fingerprint density at radius 1 is 1.19 bits per heavy atom. The number of hydrogen-bond acceptors (Lipinski definition) is 8. The van der Waals surface area contributed by atoms with Gasteiger partial charge in [-0.15, -0.1) is 0 Å². The molecule has 0 saturated carbocycles. The van der Waals surface area contributed by atoms with Gasteiger partial charge in [0.1, 0.15) is 18.5 Å². The molecule has 1 fully saturated rings. The number of aromatic nitrogens is 4. The van der Waals surface area contributed by atoms with Crippen molar-refractivity contribution in [3.05, 3.63) is 48.0 Å². The van der Waals surface area contributed by atoms with E-state index in [1.807, 2.05) is 6.26 Å². The van der Waals surface area contributed by atoms with E-state index in [1.165, 1.54) is 35.0 Å². The standard InChI is InChI=1S/C19H20F3N5O3S/c1-31-7-12-14(28)15(29)18(30-12)27-9-26-13-16(24-8-25-17(13)27)23-6-10-3-2-4-11(5-10)19(20,21)22/h2-5,8-9,12,14-15,18,28-29H,6-7H2,1H3,(H,23,24,25)/t12-,14-,15-,18-/m1/s1. The van der Waals surface area contributed by atoms with Crippen molar-refractivity contribution in [2.75, 3.05) is 17.3 Å². The SMILES string of the molecule is CSC[C@H]1O[C@@H](n2cnc3c(NCc4cccc(C(F)(F)F)c4)ncnc32)[C@H](O)[C@@H]1O. The van der Waals surface area contributed by atoms with Crippen LogP contribution >= 0.6 is 11.8 Å². The van der Waals surface area contributed by atoms with Crippen LogP contribution in [0.25, 0.3) is 11.2 Å². The molecule has 1 aliphatic rings. The van der Waals surface area contributed by atoms with Crippen LogP contribution in [0.3, 0.4) is 0 Å². The van der Waals surface area contributed by atoms with E-state index in [2.05, 4.69) is 20.3 Å². The summed E-state index contributed by atoms with van der Waals surface area (Å²) in [4.78, 5) is 12.6. The van der Waals surface area contributed by atoms with Gasteiger partial charge < -0.3 is 20.3 Å². The third-order valence-corrected chi connectivity index (χ3v) is 5.68. The van der Waals surface area contributed by atoms with Gasteiger partial charge in [0.15, 0.2) is 23.2 Å². The van der Waals surface area contributed by atoms with E-state index in [4.69, 9.17) is 4.74 Å². The van der Waals surface area contributed by atoms with Crippen LogP contribution in [0.1, 0.15) is 17.4 Å². The van der Waals surface area contributed by atoms with E-state index in [0.717, 1.165) is 12.1 Å². The van der Waals surface area contributed by atoms with Crippen molar-refractivity contribution in [2.24, 2.45) is 0 Å². The number of benzene rings is 1. The van der Waals surface area contributed by atoms with E-state index in [9.17, 15) is 23.4 Å². The van der Waals surface area contributed by atoms with Crippen LogP contribution < -0.4 is 5.32 Å². The lowest BCUT2D eigenvalue weighted by Crippen LogP contribution is -2.32. The Bertz CT molecular complexity index is 1060. The zero-order valence-corrected chi connectivity index (χ0v) is 17.1. The number of nitrogens with one attached hydrogen (secondary N) is 1. The first kappa shape index (κ1) is 21.8. The van der Waals surface area contributed by atoms with Crippen molar-refractivity contribution in [1.29, 1.82) is 0 Å². The largest absolute Gasteiger partial charge is 0.416 e. The molecule has 1 saturated heterocycles. The Hall–Kier alpha value is -2.41. The predicted molar refractivity (Wildman–Crippen MR) is 108 cm³/mol. The first-order valence-electron chi connectivity index (χ1n) is 9.37. The minimum Gasteiger partial charge on any atom is -0.387 e. The van der Waals surface area contributed by atoms with Crippen LogP contribution in [0.4, 0.5) is 19.0 Å². The second-order valence-electron chi connectivity index (χ2n) is 7.10. The molecule has 0 amide bonds. The molecule has 0 unspecified atom stereocenters. The molecule has 0 bridgehead atoms. The summed E-state index contributed by atoms with van der Waals surface area (Å²) in [5.41, 5.74) is 0.434. The molecular weight excluding hydrogens is 435 g/mol. The van der Waals surface area contributed by atoms with Gasteiger partial charge in [0.2, 0.25) is 0 Å². The average Bonchev–Trinajstić information content (AvgIpc) is 3.29. The van der Waals surface area contributed by atoms with Crippen molar-refractivity contribution < 1.29 is 28.1 Å². The monoisotopic (exact) mass is 455 g/mol. The van der Waals surface area contributed by atoms with E-state index < -0.39 is 36.3 Å². The first-order valence-corrected chi connectivity index (χ1v) is 10.8. The molecule has 12 heteroatoms. The smallest absolute Gasteiger partial charge is 0.387 e. The van der Waals surface area contributed by atoms with E-state index in [1.54, 1.807) is 6.07 Å². The Balaban J connectivity index is 1.56. The van der Waals surface area contributed by atoms with E-state index in [0.29, 0.717) is 28.3 Å². The summed E-state index contributed by atoms with van der Waals surface area (Å²) in [7, 11) is 0. The van der Waals surface area contributed by atoms with Crippen LogP contribution in [0.2, 0.25) is 0 Å². The molecule has 2 aromatic heterocycles. The number of aliphatic hydroxyl groups excluding tert-OH is 2. The minimum absolute atomic E-state index is 0.0972. The molecule has 31 heavy (non-hydrogen) atoms. The number of nitrogens with zero attached hydrogens (tertiary/aromatic N) is 4. The number of ether oxygens (including phenoxy) is 1. The van der Waals surface area contributed by atoms with Crippen molar-refractivity contribution >= 4 is 28.7 Å². The Labute approximate surface area is 179 Å². The fourth-order valence-electron chi connectivity index (χ4n) is 3.47.